The highest BCUT2D eigenvalue weighted by molar-refractivity contribution is 5.96. The summed E-state index contributed by atoms with van der Waals surface area (Å²) < 4.78 is 0. The zero-order chi connectivity index (χ0) is 29.5. The van der Waals surface area contributed by atoms with E-state index in [-0.39, 0.29) is 6.42 Å². The van der Waals surface area contributed by atoms with E-state index in [0.717, 1.165) is 40.3 Å². The minimum atomic E-state index is -1.10. The fourth-order valence-corrected chi connectivity index (χ4v) is 5.71. The van der Waals surface area contributed by atoms with E-state index in [1.54, 1.807) is 12.1 Å². The second-order valence-corrected chi connectivity index (χ2v) is 11.2. The van der Waals surface area contributed by atoms with E-state index < -0.39 is 17.9 Å². The van der Waals surface area contributed by atoms with Gasteiger partial charge in [0.15, 0.2) is 5.82 Å². The average molecular weight is 563 g/mol. The first-order valence-corrected chi connectivity index (χ1v) is 14.9. The Bertz CT molecular complexity index is 1480. The summed E-state index contributed by atoms with van der Waals surface area (Å²) in [5.41, 5.74) is 6.32. The van der Waals surface area contributed by atoms with E-state index in [4.69, 9.17) is 0 Å². The fraction of sp³-hybridized carbons (Fsp3) is 0.343. The topological polar surface area (TPSA) is 105 Å². The Hall–Kier alpha value is -4.39. The quantitative estimate of drug-likeness (QED) is 0.218. The molecule has 2 aromatic carbocycles. The van der Waals surface area contributed by atoms with E-state index in [0.29, 0.717) is 17.3 Å². The van der Waals surface area contributed by atoms with Gasteiger partial charge in [-0.25, -0.2) is 14.8 Å². The van der Waals surface area contributed by atoms with Crippen LogP contribution in [0.3, 0.4) is 0 Å². The maximum absolute atomic E-state index is 12.6. The third kappa shape index (κ3) is 7.08. The first-order valence-electron chi connectivity index (χ1n) is 14.9. The van der Waals surface area contributed by atoms with Crippen molar-refractivity contribution in [3.8, 4) is 22.5 Å². The number of pyridine rings is 1. The van der Waals surface area contributed by atoms with Gasteiger partial charge < -0.3 is 10.4 Å². The van der Waals surface area contributed by atoms with Crippen LogP contribution in [0.1, 0.15) is 79.0 Å². The molecule has 42 heavy (non-hydrogen) atoms. The standard InChI is InChI=1S/C35H38N4O3/c1-3-23-5-9-25(10-6-23)26-13-15-27(16-14-26)30-21-37-33(38-22-30)28-11-7-24(8-12-28)19-32(35(41)42)39-34(40)29-17-18-31(4-2)36-20-29/h7-8,11-18,20-23,25,32H,3-6,9-10,19H2,1-2H3,(H,39,40)(H,41,42)/t23-,25-,32-/m0/s1. The fourth-order valence-electron chi connectivity index (χ4n) is 5.71. The summed E-state index contributed by atoms with van der Waals surface area (Å²) in [7, 11) is 0. The second-order valence-electron chi connectivity index (χ2n) is 11.2. The molecule has 1 amide bonds. The molecule has 0 unspecified atom stereocenters. The summed E-state index contributed by atoms with van der Waals surface area (Å²) in [6.07, 6.45) is 12.6. The SMILES string of the molecule is CCc1ccc(C(=O)N[C@@H](Cc2ccc(-c3ncc(-c4ccc([C@H]5CC[C@H](CC)CC5)cc4)cn3)cc2)C(=O)O)cn1. The molecule has 1 saturated carbocycles. The molecule has 2 aromatic heterocycles. The molecule has 4 aromatic rings. The van der Waals surface area contributed by atoms with E-state index in [1.807, 2.05) is 43.6 Å². The summed E-state index contributed by atoms with van der Waals surface area (Å²) in [6, 6.07) is 18.7. The van der Waals surface area contributed by atoms with E-state index in [2.05, 4.69) is 51.5 Å². The van der Waals surface area contributed by atoms with Gasteiger partial charge in [0.2, 0.25) is 0 Å². The summed E-state index contributed by atoms with van der Waals surface area (Å²) >= 11 is 0. The van der Waals surface area contributed by atoms with Crippen LogP contribution in [-0.2, 0) is 17.6 Å². The molecule has 5 rings (SSSR count). The van der Waals surface area contributed by atoms with Crippen molar-refractivity contribution < 1.29 is 14.7 Å². The van der Waals surface area contributed by atoms with E-state index in [9.17, 15) is 14.7 Å². The van der Waals surface area contributed by atoms with E-state index >= 15 is 0 Å². The lowest BCUT2D eigenvalue weighted by atomic mass is 9.78. The molecule has 0 radical (unpaired) electrons. The Morgan fingerprint density at radius 2 is 1.48 bits per heavy atom. The van der Waals surface area contributed by atoms with Crippen LogP contribution in [0.4, 0.5) is 0 Å². The van der Waals surface area contributed by atoms with Crippen molar-refractivity contribution >= 4 is 11.9 Å². The molecule has 0 spiro atoms. The van der Waals surface area contributed by atoms with Gasteiger partial charge in [0.05, 0.1) is 5.56 Å². The molecule has 7 heteroatoms. The average Bonchev–Trinajstić information content (AvgIpc) is 3.05. The number of carboxylic acid groups (broad SMARTS) is 1. The van der Waals surface area contributed by atoms with Crippen molar-refractivity contribution in [2.24, 2.45) is 5.92 Å². The number of benzene rings is 2. The maximum atomic E-state index is 12.6. The number of aryl methyl sites for hydroxylation is 1. The van der Waals surface area contributed by atoms with Gasteiger partial charge in [0.1, 0.15) is 6.04 Å². The lowest BCUT2D eigenvalue weighted by Gasteiger charge is -2.28. The minimum absolute atomic E-state index is 0.150. The number of carboxylic acids is 1. The normalized spacial score (nSPS) is 17.4. The predicted octanol–water partition coefficient (Wildman–Crippen LogP) is 6.88. The number of nitrogens with one attached hydrogen (secondary N) is 1. The number of hydrogen-bond donors (Lipinski definition) is 2. The summed E-state index contributed by atoms with van der Waals surface area (Å²) in [5.74, 6) is 0.605. The predicted molar refractivity (Wildman–Crippen MR) is 164 cm³/mol. The Labute approximate surface area is 247 Å². The summed E-state index contributed by atoms with van der Waals surface area (Å²) in [5, 5.41) is 12.3. The molecule has 1 atom stereocenters. The van der Waals surface area contributed by atoms with Crippen LogP contribution in [0.2, 0.25) is 0 Å². The van der Waals surface area contributed by atoms with Crippen LogP contribution in [0.25, 0.3) is 22.5 Å². The molecule has 7 nitrogen and oxygen atoms in total. The van der Waals surface area contributed by atoms with Gasteiger partial charge in [-0.1, -0.05) is 68.8 Å². The van der Waals surface area contributed by atoms with Gasteiger partial charge >= 0.3 is 5.97 Å². The third-order valence-electron chi connectivity index (χ3n) is 8.50. The van der Waals surface area contributed by atoms with Crippen LogP contribution in [0.15, 0.2) is 79.3 Å². The van der Waals surface area contributed by atoms with E-state index in [1.165, 1.54) is 43.9 Å². The first kappa shape index (κ1) is 29.1. The van der Waals surface area contributed by atoms with Gasteiger partial charge in [-0.15, -0.1) is 0 Å². The number of rotatable bonds is 10. The van der Waals surface area contributed by atoms with Crippen molar-refractivity contribution in [1.29, 1.82) is 0 Å². The number of carbonyl (C=O) groups is 2. The van der Waals surface area contributed by atoms with Crippen molar-refractivity contribution in [1.82, 2.24) is 20.3 Å². The van der Waals surface area contributed by atoms with Crippen LogP contribution in [0.5, 0.6) is 0 Å². The molecule has 216 valence electrons. The van der Waals surface area contributed by atoms with Gasteiger partial charge in [0.25, 0.3) is 5.91 Å². The lowest BCUT2D eigenvalue weighted by Crippen LogP contribution is -2.42. The molecular formula is C35H38N4O3. The Morgan fingerprint density at radius 3 is 2.05 bits per heavy atom. The van der Waals surface area contributed by atoms with Crippen molar-refractivity contribution in [2.75, 3.05) is 0 Å². The van der Waals surface area contributed by atoms with Crippen LogP contribution < -0.4 is 5.32 Å². The van der Waals surface area contributed by atoms with Crippen LogP contribution in [-0.4, -0.2) is 38.0 Å². The zero-order valence-corrected chi connectivity index (χ0v) is 24.3. The molecule has 2 heterocycles. The van der Waals surface area contributed by atoms with Gasteiger partial charge in [-0.3, -0.25) is 9.78 Å². The second kappa shape index (κ2) is 13.5. The molecule has 2 N–H and O–H groups in total. The molecule has 0 bridgehead atoms. The lowest BCUT2D eigenvalue weighted by molar-refractivity contribution is -0.139. The van der Waals surface area contributed by atoms with Gasteiger partial charge in [-0.2, -0.15) is 0 Å². The molecule has 0 aliphatic heterocycles. The molecule has 0 saturated heterocycles. The van der Waals surface area contributed by atoms with Crippen LogP contribution >= 0.6 is 0 Å². The highest BCUT2D eigenvalue weighted by atomic mass is 16.4. The smallest absolute Gasteiger partial charge is 0.326 e. The van der Waals surface area contributed by atoms with Crippen molar-refractivity contribution in [3.05, 3.63) is 102 Å². The zero-order valence-electron chi connectivity index (χ0n) is 24.3. The summed E-state index contributed by atoms with van der Waals surface area (Å²) in [6.45, 7) is 4.28. The number of nitrogens with zero attached hydrogens (tertiary/aromatic N) is 3. The van der Waals surface area contributed by atoms with Crippen molar-refractivity contribution in [3.63, 3.8) is 0 Å². The summed E-state index contributed by atoms with van der Waals surface area (Å²) in [4.78, 5) is 37.9. The monoisotopic (exact) mass is 562 g/mol. The number of aliphatic carboxylic acids is 1. The third-order valence-corrected chi connectivity index (χ3v) is 8.50. The Balaban J connectivity index is 1.19. The number of carbonyl (C=O) groups excluding carboxylic acids is 1. The molecule has 1 aliphatic carbocycles. The van der Waals surface area contributed by atoms with Crippen LogP contribution in [0, 0.1) is 5.92 Å². The first-order chi connectivity index (χ1) is 20.4. The number of aromatic nitrogens is 3. The minimum Gasteiger partial charge on any atom is -0.480 e. The van der Waals surface area contributed by atoms with Crippen molar-refractivity contribution in [2.45, 2.75) is 70.8 Å². The largest absolute Gasteiger partial charge is 0.480 e. The van der Waals surface area contributed by atoms with Gasteiger partial charge in [0, 0.05) is 41.8 Å². The maximum Gasteiger partial charge on any atom is 0.326 e. The molecule has 1 aliphatic rings. The number of amides is 1. The Kier molecular flexibility index (Phi) is 9.37. The molecular weight excluding hydrogens is 524 g/mol. The van der Waals surface area contributed by atoms with Gasteiger partial charge in [-0.05, 0) is 72.8 Å². The Morgan fingerprint density at radius 1 is 0.810 bits per heavy atom. The molecule has 1 fully saturated rings. The number of hydrogen-bond acceptors (Lipinski definition) is 5. The highest BCUT2D eigenvalue weighted by Crippen LogP contribution is 2.37. The highest BCUT2D eigenvalue weighted by Gasteiger charge is 2.22.